The zero-order valence-corrected chi connectivity index (χ0v) is 15.1. The van der Waals surface area contributed by atoms with E-state index in [9.17, 15) is 22.8 Å². The number of nitrogens with zero attached hydrogens (tertiary/aromatic N) is 2. The molecule has 2 rings (SSSR count). The summed E-state index contributed by atoms with van der Waals surface area (Å²) in [5, 5.41) is 7.24. The maximum Gasteiger partial charge on any atom is 0.367 e. The van der Waals surface area contributed by atoms with Crippen LogP contribution in [0.4, 0.5) is 0 Å². The highest BCUT2D eigenvalue weighted by molar-refractivity contribution is 7.84. The fourth-order valence-electron chi connectivity index (χ4n) is 1.68. The number of oxime groups is 1. The molecule has 0 radical (unpaired) electrons. The number of amides is 2. The molecule has 136 valence electrons. The number of hydrogen-bond acceptors (Lipinski definition) is 8. The molecule has 25 heavy (non-hydrogen) atoms. The highest BCUT2D eigenvalue weighted by Gasteiger charge is 2.44. The first-order chi connectivity index (χ1) is 11.6. The number of alkyl halides is 2. The van der Waals surface area contributed by atoms with Crippen molar-refractivity contribution in [3.63, 3.8) is 0 Å². The first kappa shape index (κ1) is 19.6. The minimum atomic E-state index is -4.67. The van der Waals surface area contributed by atoms with Crippen molar-refractivity contribution in [3.8, 4) is 0 Å². The Bertz CT molecular complexity index is 823. The fraction of sp³-hybridized carbons (Fsp3) is 0.273. The third-order valence-electron chi connectivity index (χ3n) is 2.85. The molecule has 1 aromatic rings. The Kier molecular flexibility index (Phi) is 6.00. The van der Waals surface area contributed by atoms with Crippen LogP contribution in [0.1, 0.15) is 4.88 Å². The van der Waals surface area contributed by atoms with Crippen LogP contribution in [0, 0.1) is 0 Å². The van der Waals surface area contributed by atoms with Crippen molar-refractivity contribution >= 4 is 68.3 Å². The molecule has 1 unspecified atom stereocenters. The fourth-order valence-corrected chi connectivity index (χ4v) is 3.15. The minimum Gasteiger partial charge on any atom is -0.337 e. The van der Waals surface area contributed by atoms with Crippen LogP contribution >= 0.6 is 34.5 Å². The minimum absolute atomic E-state index is 0.186. The van der Waals surface area contributed by atoms with Gasteiger partial charge in [0.1, 0.15) is 6.04 Å². The topological polar surface area (TPSA) is 142 Å². The molecule has 1 aliphatic heterocycles. The molecular formula is C11H9Cl2N3O7S2. The van der Waals surface area contributed by atoms with Gasteiger partial charge in [0.15, 0.2) is 5.71 Å². The molecule has 0 saturated carbocycles. The average Bonchev–Trinajstić information content (AvgIpc) is 3.03. The maximum atomic E-state index is 12.3. The van der Waals surface area contributed by atoms with E-state index in [0.717, 1.165) is 11.3 Å². The van der Waals surface area contributed by atoms with Crippen molar-refractivity contribution in [2.75, 3.05) is 6.54 Å². The molecule has 0 spiro atoms. The Balaban J connectivity index is 2.11. The van der Waals surface area contributed by atoms with Crippen LogP contribution in [0.2, 0.25) is 0 Å². The number of β-lactam (4-membered cyclic amide) rings is 1. The zero-order valence-electron chi connectivity index (χ0n) is 12.0. The summed E-state index contributed by atoms with van der Waals surface area (Å²) in [7, 11) is -4.67. The van der Waals surface area contributed by atoms with Crippen molar-refractivity contribution in [1.82, 2.24) is 9.62 Å². The van der Waals surface area contributed by atoms with Gasteiger partial charge in [0.25, 0.3) is 11.8 Å². The first-order valence-electron chi connectivity index (χ1n) is 6.32. The van der Waals surface area contributed by atoms with Gasteiger partial charge < -0.3 is 10.2 Å². The molecule has 0 bridgehead atoms. The van der Waals surface area contributed by atoms with Crippen molar-refractivity contribution in [3.05, 3.63) is 22.4 Å². The number of hydrogen-bond donors (Lipinski definition) is 2. The second-order valence-electron chi connectivity index (χ2n) is 4.50. The van der Waals surface area contributed by atoms with Gasteiger partial charge in [-0.15, -0.1) is 11.3 Å². The van der Waals surface area contributed by atoms with Gasteiger partial charge in [0, 0.05) is 0 Å². The maximum absolute atomic E-state index is 12.3. The van der Waals surface area contributed by atoms with Crippen molar-refractivity contribution in [1.29, 1.82) is 0 Å². The summed E-state index contributed by atoms with van der Waals surface area (Å²) in [5.41, 5.74) is -0.338. The first-order valence-corrected chi connectivity index (χ1v) is 9.47. The lowest BCUT2D eigenvalue weighted by atomic mass is 10.1. The molecule has 2 N–H and O–H groups in total. The zero-order chi connectivity index (χ0) is 18.8. The van der Waals surface area contributed by atoms with Crippen LogP contribution in [0.3, 0.4) is 0 Å². The van der Waals surface area contributed by atoms with Crippen molar-refractivity contribution in [2.45, 2.75) is 10.9 Å². The Morgan fingerprint density at radius 3 is 2.64 bits per heavy atom. The average molecular weight is 430 g/mol. The van der Waals surface area contributed by atoms with E-state index in [0.29, 0.717) is 4.88 Å². The quantitative estimate of drug-likeness (QED) is 0.161. The van der Waals surface area contributed by atoms with Crippen LogP contribution in [-0.4, -0.2) is 58.2 Å². The Hall–Kier alpha value is -1.73. The van der Waals surface area contributed by atoms with Crippen molar-refractivity contribution < 1.29 is 32.2 Å². The van der Waals surface area contributed by atoms with Gasteiger partial charge in [-0.1, -0.05) is 34.4 Å². The summed E-state index contributed by atoms with van der Waals surface area (Å²) >= 11 is 11.7. The molecule has 2 heterocycles. The standard InChI is InChI=1S/C11H9Cl2N3O7S2/c12-8(13)11(19)23-15-7(6-2-1-3-24-6)9(17)14-5-4-16(10(5)18)25(20,21)22/h1-3,5,8H,4H2,(H,14,17)(H,20,21,22)/b15-7+. The third-order valence-corrected chi connectivity index (χ3v) is 4.97. The molecule has 2 amide bonds. The molecule has 0 aliphatic carbocycles. The molecule has 1 aromatic heterocycles. The van der Waals surface area contributed by atoms with Gasteiger partial charge in [-0.05, 0) is 11.4 Å². The summed E-state index contributed by atoms with van der Waals surface area (Å²) in [6.07, 6.45) is 0. The molecular weight excluding hydrogens is 421 g/mol. The highest BCUT2D eigenvalue weighted by atomic mass is 35.5. The number of halogens is 2. The molecule has 14 heteroatoms. The molecule has 1 aliphatic rings. The number of nitrogens with one attached hydrogen (secondary N) is 1. The lowest BCUT2D eigenvalue weighted by Crippen LogP contribution is -2.65. The van der Waals surface area contributed by atoms with Crippen molar-refractivity contribution in [2.24, 2.45) is 5.16 Å². The monoisotopic (exact) mass is 429 g/mol. The largest absolute Gasteiger partial charge is 0.367 e. The van der Waals surface area contributed by atoms with Gasteiger partial charge >= 0.3 is 16.3 Å². The van der Waals surface area contributed by atoms with Crippen LogP contribution in [0.15, 0.2) is 22.7 Å². The van der Waals surface area contributed by atoms with Gasteiger partial charge in [-0.2, -0.15) is 8.42 Å². The van der Waals surface area contributed by atoms with E-state index < -0.39 is 45.5 Å². The number of thiophene rings is 1. The summed E-state index contributed by atoms with van der Waals surface area (Å²) in [4.78, 5) is 38.4. The Labute approximate surface area is 155 Å². The predicted molar refractivity (Wildman–Crippen MR) is 87.6 cm³/mol. The normalized spacial score (nSPS) is 18.1. The summed E-state index contributed by atoms with van der Waals surface area (Å²) in [6, 6.07) is 1.93. The summed E-state index contributed by atoms with van der Waals surface area (Å²) < 4.78 is 30.7. The molecule has 0 aromatic carbocycles. The van der Waals surface area contributed by atoms with E-state index in [-0.39, 0.29) is 10.0 Å². The van der Waals surface area contributed by atoms with Crippen LogP contribution in [0.5, 0.6) is 0 Å². The van der Waals surface area contributed by atoms with Gasteiger partial charge in [0.2, 0.25) is 4.84 Å². The smallest absolute Gasteiger partial charge is 0.337 e. The lowest BCUT2D eigenvalue weighted by Gasteiger charge is -2.35. The van der Waals surface area contributed by atoms with E-state index in [1.54, 1.807) is 11.4 Å². The number of carbonyl (C=O) groups excluding carboxylic acids is 3. The summed E-state index contributed by atoms with van der Waals surface area (Å²) in [5.74, 6) is -3.02. The van der Waals surface area contributed by atoms with Gasteiger partial charge in [0.05, 0.1) is 11.4 Å². The highest BCUT2D eigenvalue weighted by Crippen LogP contribution is 2.16. The van der Waals surface area contributed by atoms with Gasteiger partial charge in [-0.25, -0.2) is 9.10 Å². The Morgan fingerprint density at radius 2 is 2.16 bits per heavy atom. The van der Waals surface area contributed by atoms with Crippen LogP contribution < -0.4 is 5.32 Å². The molecule has 10 nitrogen and oxygen atoms in total. The second kappa shape index (κ2) is 7.66. The van der Waals surface area contributed by atoms with Crippen LogP contribution in [0.25, 0.3) is 0 Å². The van der Waals surface area contributed by atoms with E-state index >= 15 is 0 Å². The third kappa shape index (κ3) is 4.67. The van der Waals surface area contributed by atoms with Crippen LogP contribution in [-0.2, 0) is 29.5 Å². The molecule has 1 fully saturated rings. The van der Waals surface area contributed by atoms with E-state index in [4.69, 9.17) is 27.8 Å². The SMILES string of the molecule is O=C(NC1CN(S(=O)(=O)O)C1=O)/C(=N/OC(=O)C(Cl)Cl)c1cccs1. The Morgan fingerprint density at radius 1 is 1.48 bits per heavy atom. The number of rotatable bonds is 6. The van der Waals surface area contributed by atoms with Gasteiger partial charge in [-0.3, -0.25) is 14.1 Å². The lowest BCUT2D eigenvalue weighted by molar-refractivity contribution is -0.142. The predicted octanol–water partition coefficient (Wildman–Crippen LogP) is -0.0711. The van der Waals surface area contributed by atoms with E-state index in [2.05, 4.69) is 15.3 Å². The van der Waals surface area contributed by atoms with E-state index in [1.807, 2.05) is 0 Å². The molecule has 1 saturated heterocycles. The second-order valence-corrected chi connectivity index (χ2v) is 7.88. The van der Waals surface area contributed by atoms with E-state index in [1.165, 1.54) is 6.07 Å². The molecule has 1 atom stereocenters. The summed E-state index contributed by atoms with van der Waals surface area (Å²) in [6.45, 7) is -0.438. The number of carbonyl (C=O) groups is 3.